The van der Waals surface area contributed by atoms with Crippen LogP contribution in [0, 0.1) is 0 Å². The topological polar surface area (TPSA) is 58.5 Å². The van der Waals surface area contributed by atoms with Gasteiger partial charge in [-0.3, -0.25) is 4.99 Å². The zero-order valence-electron chi connectivity index (χ0n) is 10.8. The van der Waals surface area contributed by atoms with E-state index in [9.17, 15) is 0 Å². The van der Waals surface area contributed by atoms with Gasteiger partial charge in [-0.05, 0) is 24.1 Å². The van der Waals surface area contributed by atoms with Gasteiger partial charge >= 0.3 is 0 Å². The van der Waals surface area contributed by atoms with Gasteiger partial charge in [-0.15, -0.1) is 0 Å². The highest BCUT2D eigenvalue weighted by molar-refractivity contribution is 6.03. The van der Waals surface area contributed by atoms with E-state index in [4.69, 9.17) is 9.47 Å². The summed E-state index contributed by atoms with van der Waals surface area (Å²) >= 11 is 0. The minimum Gasteiger partial charge on any atom is -1.00 e. The van der Waals surface area contributed by atoms with Crippen LogP contribution in [-0.2, 0) is 6.42 Å². The molecule has 0 aromatic heterocycles. The first-order chi connectivity index (χ1) is 8.30. The van der Waals surface area contributed by atoms with Crippen molar-refractivity contribution in [2.45, 2.75) is 12.8 Å². The van der Waals surface area contributed by atoms with Gasteiger partial charge in [0.2, 0.25) is 0 Å². The summed E-state index contributed by atoms with van der Waals surface area (Å²) in [5, 5.41) is 0. The fourth-order valence-corrected chi connectivity index (χ4v) is 2.17. The lowest BCUT2D eigenvalue weighted by atomic mass is 9.95. The van der Waals surface area contributed by atoms with Crippen LogP contribution in [0.4, 0.5) is 0 Å². The molecule has 0 amide bonds. The minimum absolute atomic E-state index is 0. The summed E-state index contributed by atoms with van der Waals surface area (Å²) in [5.41, 5.74) is 7.52. The number of halogens is 1. The second kappa shape index (κ2) is 6.61. The molecule has 0 radical (unpaired) electrons. The summed E-state index contributed by atoms with van der Waals surface area (Å²) in [5.74, 6) is 1.56. The molecular weight excluding hydrogens is 252 g/mol. The molecule has 0 unspecified atom stereocenters. The maximum atomic E-state index is 5.33. The molecule has 3 N–H and O–H groups in total. The lowest BCUT2D eigenvalue weighted by Crippen LogP contribution is -3.00. The number of aliphatic imine (C=N–C) groups is 1. The maximum Gasteiger partial charge on any atom is 0.161 e. The van der Waals surface area contributed by atoms with Gasteiger partial charge in [-0.2, -0.15) is 0 Å². The zero-order chi connectivity index (χ0) is 12.3. The molecule has 4 nitrogen and oxygen atoms in total. The molecule has 1 aromatic rings. The van der Waals surface area contributed by atoms with Crippen LogP contribution in [0.15, 0.2) is 17.1 Å². The van der Waals surface area contributed by atoms with Gasteiger partial charge in [0.25, 0.3) is 0 Å². The molecule has 1 aromatic carbocycles. The molecule has 1 aliphatic heterocycles. The smallest absolute Gasteiger partial charge is 0.161 e. The van der Waals surface area contributed by atoms with Crippen LogP contribution in [0.2, 0.25) is 0 Å². The second-order valence-corrected chi connectivity index (χ2v) is 4.05. The number of hydrogen-bond donors (Lipinski definition) is 1. The Morgan fingerprint density at radius 1 is 1.22 bits per heavy atom. The SMILES string of the molecule is COc1cc2c(cc1OC)C(CC[NH3+])=NCC2.[Cl-]. The largest absolute Gasteiger partial charge is 1.00 e. The van der Waals surface area contributed by atoms with Crippen LogP contribution in [0.1, 0.15) is 17.5 Å². The Hall–Kier alpha value is -1.26. The van der Waals surface area contributed by atoms with Crippen molar-refractivity contribution < 1.29 is 27.6 Å². The monoisotopic (exact) mass is 270 g/mol. The van der Waals surface area contributed by atoms with E-state index in [1.807, 2.05) is 6.07 Å². The molecule has 0 saturated carbocycles. The molecule has 5 heteroatoms. The van der Waals surface area contributed by atoms with E-state index in [0.29, 0.717) is 0 Å². The number of methoxy groups -OCH3 is 2. The lowest BCUT2D eigenvalue weighted by Gasteiger charge is -2.19. The van der Waals surface area contributed by atoms with Crippen molar-refractivity contribution in [3.63, 3.8) is 0 Å². The predicted molar refractivity (Wildman–Crippen MR) is 67.0 cm³/mol. The van der Waals surface area contributed by atoms with Crippen LogP contribution in [-0.4, -0.2) is 33.0 Å². The Bertz CT molecular complexity index is 447. The molecular formula is C13H19ClN2O2. The summed E-state index contributed by atoms with van der Waals surface area (Å²) in [6.07, 6.45) is 1.89. The third-order valence-electron chi connectivity index (χ3n) is 3.02. The van der Waals surface area contributed by atoms with Crippen LogP contribution >= 0.6 is 0 Å². The molecule has 1 heterocycles. The van der Waals surface area contributed by atoms with Crippen molar-refractivity contribution in [1.82, 2.24) is 0 Å². The molecule has 1 aliphatic rings. The number of benzene rings is 1. The summed E-state index contributed by atoms with van der Waals surface area (Å²) in [6.45, 7) is 1.73. The lowest BCUT2D eigenvalue weighted by molar-refractivity contribution is -0.364. The Balaban J connectivity index is 0.00000162. The molecule has 0 bridgehead atoms. The van der Waals surface area contributed by atoms with Gasteiger partial charge in [-0.25, -0.2) is 0 Å². The molecule has 18 heavy (non-hydrogen) atoms. The molecule has 0 fully saturated rings. The van der Waals surface area contributed by atoms with E-state index >= 15 is 0 Å². The quantitative estimate of drug-likeness (QED) is 0.668. The summed E-state index contributed by atoms with van der Waals surface area (Å²) in [4.78, 5) is 4.57. The Kier molecular flexibility index (Phi) is 5.44. The highest BCUT2D eigenvalue weighted by Gasteiger charge is 2.18. The van der Waals surface area contributed by atoms with Gasteiger partial charge < -0.3 is 27.6 Å². The zero-order valence-corrected chi connectivity index (χ0v) is 11.6. The molecule has 2 rings (SSSR count). The second-order valence-electron chi connectivity index (χ2n) is 4.05. The number of ether oxygens (including phenoxy) is 2. The van der Waals surface area contributed by atoms with E-state index in [-0.39, 0.29) is 12.4 Å². The van der Waals surface area contributed by atoms with Gasteiger partial charge in [0, 0.05) is 24.2 Å². The van der Waals surface area contributed by atoms with Crippen molar-refractivity contribution in [3.05, 3.63) is 23.3 Å². The Morgan fingerprint density at radius 3 is 2.50 bits per heavy atom. The van der Waals surface area contributed by atoms with Crippen molar-refractivity contribution in [2.24, 2.45) is 4.99 Å². The summed E-state index contributed by atoms with van der Waals surface area (Å²) < 4.78 is 10.7. The van der Waals surface area contributed by atoms with Crippen LogP contribution < -0.4 is 27.6 Å². The van der Waals surface area contributed by atoms with Crippen molar-refractivity contribution in [3.8, 4) is 11.5 Å². The minimum atomic E-state index is 0. The van der Waals surface area contributed by atoms with Gasteiger partial charge in [0.05, 0.1) is 20.8 Å². The molecule has 100 valence electrons. The standard InChI is InChI=1S/C13H18N2O2.ClH/c1-16-12-7-9-4-6-15-11(3-5-14)10(9)8-13(12)17-2;/h7-8H,3-6,14H2,1-2H3;1H. The van der Waals surface area contributed by atoms with Crippen LogP contribution in [0.5, 0.6) is 11.5 Å². The van der Waals surface area contributed by atoms with Crippen LogP contribution in [0.3, 0.4) is 0 Å². The number of quaternary nitrogens is 1. The summed E-state index contributed by atoms with van der Waals surface area (Å²) in [7, 11) is 3.32. The maximum absolute atomic E-state index is 5.33. The third kappa shape index (κ3) is 2.76. The van der Waals surface area contributed by atoms with Crippen LogP contribution in [0.25, 0.3) is 0 Å². The van der Waals surface area contributed by atoms with E-state index < -0.39 is 0 Å². The fraction of sp³-hybridized carbons (Fsp3) is 0.462. The average molecular weight is 271 g/mol. The van der Waals surface area contributed by atoms with Crippen molar-refractivity contribution >= 4 is 5.71 Å². The first-order valence-electron chi connectivity index (χ1n) is 5.88. The average Bonchev–Trinajstić information content (AvgIpc) is 2.38. The van der Waals surface area contributed by atoms with Crippen molar-refractivity contribution in [2.75, 3.05) is 27.3 Å². The third-order valence-corrected chi connectivity index (χ3v) is 3.02. The molecule has 0 saturated heterocycles. The molecule has 0 spiro atoms. The van der Waals surface area contributed by atoms with Gasteiger partial charge in [0.15, 0.2) is 11.5 Å². The fourth-order valence-electron chi connectivity index (χ4n) is 2.17. The van der Waals surface area contributed by atoms with Gasteiger partial charge in [-0.1, -0.05) is 0 Å². The normalized spacial score (nSPS) is 13.2. The van der Waals surface area contributed by atoms with Crippen molar-refractivity contribution in [1.29, 1.82) is 0 Å². The Labute approximate surface area is 114 Å². The highest BCUT2D eigenvalue weighted by atomic mass is 35.5. The predicted octanol–water partition coefficient (Wildman–Crippen LogP) is -2.31. The van der Waals surface area contributed by atoms with E-state index in [0.717, 1.165) is 43.1 Å². The first-order valence-corrected chi connectivity index (χ1v) is 5.88. The van der Waals surface area contributed by atoms with E-state index in [2.05, 4.69) is 16.8 Å². The highest BCUT2D eigenvalue weighted by Crippen LogP contribution is 2.32. The van der Waals surface area contributed by atoms with E-state index in [1.165, 1.54) is 11.1 Å². The first kappa shape index (κ1) is 14.8. The molecule has 0 atom stereocenters. The molecule has 0 aliphatic carbocycles. The van der Waals surface area contributed by atoms with E-state index in [1.54, 1.807) is 14.2 Å². The number of hydrogen-bond acceptors (Lipinski definition) is 3. The number of rotatable bonds is 4. The number of fused-ring (bicyclic) bond motifs is 1. The number of nitrogens with zero attached hydrogens (tertiary/aromatic N) is 1. The van der Waals surface area contributed by atoms with Gasteiger partial charge in [0.1, 0.15) is 0 Å². The summed E-state index contributed by atoms with van der Waals surface area (Å²) in [6, 6.07) is 4.09. The Morgan fingerprint density at radius 2 is 1.89 bits per heavy atom.